The van der Waals surface area contributed by atoms with Crippen molar-refractivity contribution in [2.45, 2.75) is 24.5 Å². The Morgan fingerprint density at radius 1 is 1.34 bits per heavy atom. The van der Waals surface area contributed by atoms with Gasteiger partial charge in [-0.15, -0.1) is 0 Å². The predicted octanol–water partition coefficient (Wildman–Crippen LogP) is -3.26. The van der Waals surface area contributed by atoms with Gasteiger partial charge in [0, 0.05) is 13.2 Å². The smallest absolute Gasteiger partial charge is 0.254 e. The van der Waals surface area contributed by atoms with E-state index in [0.717, 1.165) is 0 Å². The number of fused-ring (bicyclic) bond motifs is 1. The molecular weight excluding hydrogens is 388 g/mol. The van der Waals surface area contributed by atoms with Gasteiger partial charge in [-0.3, -0.25) is 9.36 Å². The van der Waals surface area contributed by atoms with Crippen molar-refractivity contribution >= 4 is 22.9 Å². The lowest BCUT2D eigenvalue weighted by molar-refractivity contribution is -0.0511. The number of nitrogens with zero attached hydrogens (tertiary/aromatic N) is 6. The Morgan fingerprint density at radius 3 is 2.76 bits per heavy atom. The SMILES string of the molecule is CNC(=O)c1cnn(-c2nc(N)c3ncn([C@@H]4O[C@H](CO)C(O)[C@@H]4O)c3n2)c1.O. The number of carbonyl (C=O) groups excluding carboxylic acids is 1. The van der Waals surface area contributed by atoms with Crippen molar-refractivity contribution in [2.24, 2.45) is 0 Å². The van der Waals surface area contributed by atoms with Gasteiger partial charge in [-0.25, -0.2) is 9.67 Å². The molecular formula is C15H20N8O6. The highest BCUT2D eigenvalue weighted by Gasteiger charge is 2.44. The summed E-state index contributed by atoms with van der Waals surface area (Å²) in [6.45, 7) is -0.459. The third-order valence-electron chi connectivity index (χ3n) is 4.50. The number of hydrogen-bond acceptors (Lipinski definition) is 10. The van der Waals surface area contributed by atoms with Gasteiger partial charge in [-0.1, -0.05) is 0 Å². The largest absolute Gasteiger partial charge is 0.412 e. The summed E-state index contributed by atoms with van der Waals surface area (Å²) in [4.78, 5) is 24.4. The summed E-state index contributed by atoms with van der Waals surface area (Å²) in [7, 11) is 1.50. The van der Waals surface area contributed by atoms with Crippen molar-refractivity contribution in [1.82, 2.24) is 34.6 Å². The molecule has 0 spiro atoms. The Morgan fingerprint density at radius 2 is 2.10 bits per heavy atom. The zero-order chi connectivity index (χ0) is 20.0. The van der Waals surface area contributed by atoms with E-state index in [9.17, 15) is 20.1 Å². The number of amides is 1. The van der Waals surface area contributed by atoms with Crippen molar-refractivity contribution < 1.29 is 30.3 Å². The van der Waals surface area contributed by atoms with Crippen molar-refractivity contribution in [3.05, 3.63) is 24.3 Å². The molecule has 0 bridgehead atoms. The molecule has 0 aromatic carbocycles. The highest BCUT2D eigenvalue weighted by atomic mass is 16.6. The Bertz CT molecular complexity index is 1040. The molecule has 0 saturated carbocycles. The number of aliphatic hydroxyl groups excluding tert-OH is 3. The lowest BCUT2D eigenvalue weighted by atomic mass is 10.1. The average Bonchev–Trinajstić information content (AvgIpc) is 3.40. The van der Waals surface area contributed by atoms with Crippen LogP contribution in [0.2, 0.25) is 0 Å². The standard InChI is InChI=1S/C15H18N8O5.H2O/c1-17-13(27)6-2-19-23(3-6)15-20-11(16)8-12(21-15)22(5-18-8)14-10(26)9(25)7(4-24)28-14;/h2-3,5,7,9-10,14,24-26H,4H2,1H3,(H,17,27)(H2,16,20,21);1H2/t7-,9?,10+,14-;/m1./s1. The Kier molecular flexibility index (Phi) is 5.45. The van der Waals surface area contributed by atoms with E-state index in [0.29, 0.717) is 5.56 Å². The maximum Gasteiger partial charge on any atom is 0.254 e. The predicted molar refractivity (Wildman–Crippen MR) is 96.9 cm³/mol. The number of aliphatic hydroxyl groups is 3. The van der Waals surface area contributed by atoms with Gasteiger partial charge in [-0.05, 0) is 0 Å². The minimum atomic E-state index is -1.31. The molecule has 1 saturated heterocycles. The molecule has 3 aromatic rings. The summed E-state index contributed by atoms with van der Waals surface area (Å²) in [6, 6.07) is 0. The Balaban J connectivity index is 0.00000240. The van der Waals surface area contributed by atoms with E-state index in [1.54, 1.807) is 0 Å². The number of anilines is 1. The molecule has 1 fully saturated rings. The monoisotopic (exact) mass is 408 g/mol. The van der Waals surface area contributed by atoms with Crippen molar-refractivity contribution in [1.29, 1.82) is 0 Å². The summed E-state index contributed by atoms with van der Waals surface area (Å²) in [5.41, 5.74) is 6.78. The van der Waals surface area contributed by atoms with E-state index in [-0.39, 0.29) is 34.3 Å². The first-order chi connectivity index (χ1) is 13.4. The molecule has 4 rings (SSSR count). The van der Waals surface area contributed by atoms with Gasteiger partial charge in [0.1, 0.15) is 23.8 Å². The van der Waals surface area contributed by atoms with Gasteiger partial charge >= 0.3 is 0 Å². The highest BCUT2D eigenvalue weighted by Crippen LogP contribution is 2.32. The van der Waals surface area contributed by atoms with Crippen LogP contribution in [0.15, 0.2) is 18.7 Å². The van der Waals surface area contributed by atoms with E-state index in [1.807, 2.05) is 0 Å². The first-order valence-electron chi connectivity index (χ1n) is 8.34. The normalized spacial score (nSPS) is 23.9. The van der Waals surface area contributed by atoms with Crippen LogP contribution < -0.4 is 11.1 Å². The quantitative estimate of drug-likeness (QED) is 0.290. The molecule has 0 aliphatic carbocycles. The van der Waals surface area contributed by atoms with Crippen LogP contribution in [0.5, 0.6) is 0 Å². The van der Waals surface area contributed by atoms with Gasteiger partial charge in [0.2, 0.25) is 0 Å². The fourth-order valence-electron chi connectivity index (χ4n) is 3.02. The molecule has 3 aromatic heterocycles. The summed E-state index contributed by atoms with van der Waals surface area (Å²) in [5.74, 6) is -0.187. The molecule has 4 heterocycles. The van der Waals surface area contributed by atoms with E-state index in [2.05, 4.69) is 25.4 Å². The minimum Gasteiger partial charge on any atom is -0.412 e. The zero-order valence-corrected chi connectivity index (χ0v) is 15.2. The van der Waals surface area contributed by atoms with Crippen LogP contribution in [0, 0.1) is 0 Å². The van der Waals surface area contributed by atoms with Crippen LogP contribution >= 0.6 is 0 Å². The van der Waals surface area contributed by atoms with Gasteiger partial charge in [0.25, 0.3) is 11.9 Å². The summed E-state index contributed by atoms with van der Waals surface area (Å²) < 4.78 is 8.18. The van der Waals surface area contributed by atoms with Crippen molar-refractivity contribution in [2.75, 3.05) is 19.4 Å². The van der Waals surface area contributed by atoms with Gasteiger partial charge in [0.05, 0.1) is 24.7 Å². The van der Waals surface area contributed by atoms with Crippen LogP contribution in [-0.4, -0.2) is 88.0 Å². The number of carbonyl (C=O) groups is 1. The average molecular weight is 408 g/mol. The molecule has 0 radical (unpaired) electrons. The number of nitrogens with one attached hydrogen (secondary N) is 1. The molecule has 156 valence electrons. The van der Waals surface area contributed by atoms with Crippen molar-refractivity contribution in [3.63, 3.8) is 0 Å². The fraction of sp³-hybridized carbons (Fsp3) is 0.400. The van der Waals surface area contributed by atoms with E-state index >= 15 is 0 Å². The topological polar surface area (TPSA) is 218 Å². The third-order valence-corrected chi connectivity index (χ3v) is 4.50. The number of nitrogen functional groups attached to an aromatic ring is 1. The molecule has 29 heavy (non-hydrogen) atoms. The van der Waals surface area contributed by atoms with E-state index in [1.165, 1.54) is 35.0 Å². The first kappa shape index (κ1) is 20.6. The summed E-state index contributed by atoms with van der Waals surface area (Å²) in [6.07, 6.45) is -0.418. The summed E-state index contributed by atoms with van der Waals surface area (Å²) in [5, 5.41) is 36.1. The van der Waals surface area contributed by atoms with Gasteiger partial charge in [0.15, 0.2) is 17.7 Å². The van der Waals surface area contributed by atoms with E-state index in [4.69, 9.17) is 10.5 Å². The number of nitrogens with two attached hydrogens (primary N) is 1. The second-order valence-electron chi connectivity index (χ2n) is 6.21. The molecule has 1 aliphatic heterocycles. The molecule has 1 amide bonds. The molecule has 14 heteroatoms. The number of imidazole rings is 1. The third kappa shape index (κ3) is 3.28. The van der Waals surface area contributed by atoms with Crippen LogP contribution in [0.3, 0.4) is 0 Å². The van der Waals surface area contributed by atoms with Crippen LogP contribution in [0.1, 0.15) is 16.6 Å². The second kappa shape index (κ2) is 7.69. The number of hydrogen-bond donors (Lipinski definition) is 5. The Hall–Kier alpha value is -3.17. The molecule has 8 N–H and O–H groups in total. The minimum absolute atomic E-state index is 0. The molecule has 1 unspecified atom stereocenters. The summed E-state index contributed by atoms with van der Waals surface area (Å²) >= 11 is 0. The van der Waals surface area contributed by atoms with Crippen LogP contribution in [0.25, 0.3) is 17.1 Å². The van der Waals surface area contributed by atoms with Crippen LogP contribution in [0.4, 0.5) is 5.82 Å². The van der Waals surface area contributed by atoms with Crippen molar-refractivity contribution in [3.8, 4) is 5.95 Å². The number of ether oxygens (including phenoxy) is 1. The van der Waals surface area contributed by atoms with Gasteiger partial charge in [-0.2, -0.15) is 15.1 Å². The molecule has 4 atom stereocenters. The second-order valence-corrected chi connectivity index (χ2v) is 6.21. The van der Waals surface area contributed by atoms with Crippen LogP contribution in [-0.2, 0) is 4.74 Å². The molecule has 1 aliphatic rings. The highest BCUT2D eigenvalue weighted by molar-refractivity contribution is 5.93. The maximum atomic E-state index is 11.7. The maximum absolute atomic E-state index is 11.7. The lowest BCUT2D eigenvalue weighted by Crippen LogP contribution is -2.33. The number of aromatic nitrogens is 6. The number of rotatable bonds is 4. The Labute approximate surface area is 162 Å². The lowest BCUT2D eigenvalue weighted by Gasteiger charge is -2.16. The molecule has 14 nitrogen and oxygen atoms in total. The fourth-order valence-corrected chi connectivity index (χ4v) is 3.02. The van der Waals surface area contributed by atoms with E-state index < -0.39 is 31.1 Å². The van der Waals surface area contributed by atoms with Gasteiger partial charge < -0.3 is 36.6 Å². The first-order valence-corrected chi connectivity index (χ1v) is 8.34. The zero-order valence-electron chi connectivity index (χ0n) is 15.2.